The number of nitrogens with zero attached hydrogens (tertiary/aromatic N) is 5. The lowest BCUT2D eigenvalue weighted by atomic mass is 9.96. The monoisotopic (exact) mass is 611 g/mol. The zero-order valence-corrected chi connectivity index (χ0v) is 24.6. The highest BCUT2D eigenvalue weighted by molar-refractivity contribution is 6.31. The zero-order valence-electron chi connectivity index (χ0n) is 23.0. The highest BCUT2D eigenvalue weighted by Crippen LogP contribution is 2.40. The molecule has 222 valence electrons. The highest BCUT2D eigenvalue weighted by Gasteiger charge is 2.42. The first kappa shape index (κ1) is 31.0. The minimum absolute atomic E-state index is 0. The van der Waals surface area contributed by atoms with Gasteiger partial charge in [-0.3, -0.25) is 4.68 Å². The van der Waals surface area contributed by atoms with Crippen molar-refractivity contribution in [1.29, 1.82) is 0 Å². The normalized spacial score (nSPS) is 18.3. The second-order valence-corrected chi connectivity index (χ2v) is 10.9. The maximum Gasteiger partial charge on any atom is 0.433 e. The van der Waals surface area contributed by atoms with Crippen LogP contribution in [0.3, 0.4) is 0 Å². The Labute approximate surface area is 248 Å². The smallest absolute Gasteiger partial charge is 0.433 e. The van der Waals surface area contributed by atoms with Crippen molar-refractivity contribution in [3.63, 3.8) is 0 Å². The van der Waals surface area contributed by atoms with E-state index in [1.807, 2.05) is 23.1 Å². The van der Waals surface area contributed by atoms with Gasteiger partial charge in [0.25, 0.3) is 0 Å². The number of carboxylic acid groups (broad SMARTS) is 1. The third kappa shape index (κ3) is 6.44. The number of aryl methyl sites for hydroxylation is 1. The zero-order chi connectivity index (χ0) is 28.6. The lowest BCUT2D eigenvalue weighted by Gasteiger charge is -2.37. The molecule has 5 rings (SSSR count). The average molecular weight is 613 g/mol. The summed E-state index contributed by atoms with van der Waals surface area (Å²) < 4.78 is 42.6. The van der Waals surface area contributed by atoms with Gasteiger partial charge in [-0.1, -0.05) is 30.7 Å². The number of rotatable bonds is 6. The predicted molar refractivity (Wildman–Crippen MR) is 158 cm³/mol. The van der Waals surface area contributed by atoms with Gasteiger partial charge in [0.05, 0.1) is 12.2 Å². The third-order valence-electron chi connectivity index (χ3n) is 8.02. The van der Waals surface area contributed by atoms with Gasteiger partial charge in [-0.2, -0.15) is 18.3 Å². The van der Waals surface area contributed by atoms with E-state index in [0.29, 0.717) is 24.4 Å². The number of halogens is 5. The minimum atomic E-state index is -4.84. The lowest BCUT2D eigenvalue weighted by molar-refractivity contribution is -0.145. The topological polar surface area (TPSA) is 64.8 Å². The average Bonchev–Trinajstić information content (AvgIpc) is 3.40. The van der Waals surface area contributed by atoms with Crippen LogP contribution in [0.25, 0.3) is 11.1 Å². The van der Waals surface area contributed by atoms with E-state index in [1.165, 1.54) is 5.69 Å². The molecule has 1 aromatic heterocycles. The molecule has 0 saturated carbocycles. The van der Waals surface area contributed by atoms with Crippen LogP contribution in [0.15, 0.2) is 42.6 Å². The van der Waals surface area contributed by atoms with Crippen LogP contribution in [-0.4, -0.2) is 71.6 Å². The number of piperidine rings is 1. The quantitative estimate of drug-likeness (QED) is 0.337. The van der Waals surface area contributed by atoms with Gasteiger partial charge in [-0.25, -0.2) is 4.79 Å². The van der Waals surface area contributed by atoms with Crippen molar-refractivity contribution >= 4 is 41.4 Å². The molecule has 1 N–H and O–H groups in total. The molecule has 0 amide bonds. The Morgan fingerprint density at radius 3 is 2.39 bits per heavy atom. The first-order chi connectivity index (χ1) is 19.1. The Kier molecular flexibility index (Phi) is 9.45. The summed E-state index contributed by atoms with van der Waals surface area (Å²) in [6.45, 7) is 10.2. The fraction of sp³-hybridized carbons (Fsp3) is 0.448. The number of benzene rings is 2. The molecule has 0 radical (unpaired) electrons. The maximum absolute atomic E-state index is 13.9. The van der Waals surface area contributed by atoms with Gasteiger partial charge in [-0.05, 0) is 61.7 Å². The van der Waals surface area contributed by atoms with Crippen LogP contribution in [0, 0.1) is 6.92 Å². The summed E-state index contributed by atoms with van der Waals surface area (Å²) in [5, 5.41) is 13.8. The van der Waals surface area contributed by atoms with Crippen molar-refractivity contribution in [3.05, 3.63) is 64.4 Å². The van der Waals surface area contributed by atoms with Crippen LogP contribution >= 0.6 is 24.0 Å². The summed E-state index contributed by atoms with van der Waals surface area (Å²) >= 11 is 6.42. The van der Waals surface area contributed by atoms with Gasteiger partial charge in [0.15, 0.2) is 5.69 Å². The maximum atomic E-state index is 13.9. The van der Waals surface area contributed by atoms with Crippen molar-refractivity contribution in [2.75, 3.05) is 55.6 Å². The van der Waals surface area contributed by atoms with Gasteiger partial charge >= 0.3 is 12.1 Å². The standard InChI is InChI=1S/C29H33ClF3N5O2.ClH/c1-3-35-11-13-36(14-12-35)21-7-9-23(19(2)15-21)24-8-6-20(30)16-26(24)37-10-4-5-22(18-37)38-27(29(31,32)33)25(17-34-38)28(39)40;/h6-9,15-17,22H,3-5,10-14,18H2,1-2H3,(H,39,40);1H. The molecule has 1 atom stereocenters. The number of piperazine rings is 1. The summed E-state index contributed by atoms with van der Waals surface area (Å²) in [5.41, 5.74) is 3.05. The van der Waals surface area contributed by atoms with Gasteiger partial charge in [0.1, 0.15) is 5.56 Å². The SMILES string of the molecule is CCN1CCN(c2ccc(-c3ccc(Cl)cc3N3CCCC(n4ncc(C(=O)O)c4C(F)(F)F)C3)c(C)c2)CC1.Cl. The van der Waals surface area contributed by atoms with E-state index in [0.717, 1.165) is 66.0 Å². The molecule has 0 bridgehead atoms. The predicted octanol–water partition coefficient (Wildman–Crippen LogP) is 6.63. The minimum Gasteiger partial charge on any atom is -0.478 e. The Balaban J connectivity index is 0.00000387. The lowest BCUT2D eigenvalue weighted by Crippen LogP contribution is -2.46. The van der Waals surface area contributed by atoms with E-state index in [1.54, 1.807) is 0 Å². The van der Waals surface area contributed by atoms with Crippen LogP contribution in [0.4, 0.5) is 24.5 Å². The molecule has 3 heterocycles. The number of aromatic nitrogens is 2. The molecular weight excluding hydrogens is 578 g/mol. The van der Waals surface area contributed by atoms with Gasteiger partial charge in [0, 0.05) is 61.2 Å². The van der Waals surface area contributed by atoms with Gasteiger partial charge in [-0.15, -0.1) is 12.4 Å². The van der Waals surface area contributed by atoms with Crippen molar-refractivity contribution in [3.8, 4) is 11.1 Å². The molecule has 1 unspecified atom stereocenters. The molecule has 2 aromatic carbocycles. The summed E-state index contributed by atoms with van der Waals surface area (Å²) in [6.07, 6.45) is -2.97. The Hall–Kier alpha value is -2.95. The number of alkyl halides is 3. The van der Waals surface area contributed by atoms with Crippen molar-refractivity contribution in [2.45, 2.75) is 38.9 Å². The number of carbonyl (C=O) groups is 1. The van der Waals surface area contributed by atoms with E-state index in [4.69, 9.17) is 11.6 Å². The van der Waals surface area contributed by atoms with E-state index in [9.17, 15) is 23.1 Å². The molecule has 2 saturated heterocycles. The van der Waals surface area contributed by atoms with Crippen LogP contribution in [-0.2, 0) is 6.18 Å². The van der Waals surface area contributed by atoms with Gasteiger partial charge in [0.2, 0.25) is 0 Å². The van der Waals surface area contributed by atoms with Crippen LogP contribution in [0.5, 0.6) is 0 Å². The van der Waals surface area contributed by atoms with E-state index < -0.39 is 29.4 Å². The van der Waals surface area contributed by atoms with Crippen molar-refractivity contribution in [2.24, 2.45) is 0 Å². The number of anilines is 2. The molecule has 7 nitrogen and oxygen atoms in total. The first-order valence-electron chi connectivity index (χ1n) is 13.6. The van der Waals surface area contributed by atoms with Crippen molar-refractivity contribution in [1.82, 2.24) is 14.7 Å². The highest BCUT2D eigenvalue weighted by atomic mass is 35.5. The number of likely N-dealkylation sites (N-methyl/N-ethyl adjacent to an activating group) is 1. The third-order valence-corrected chi connectivity index (χ3v) is 8.26. The van der Waals surface area contributed by atoms with E-state index in [-0.39, 0.29) is 19.0 Å². The molecule has 41 heavy (non-hydrogen) atoms. The molecule has 12 heteroatoms. The summed E-state index contributed by atoms with van der Waals surface area (Å²) in [5.74, 6) is -1.64. The number of carboxylic acids is 1. The van der Waals surface area contributed by atoms with Crippen molar-refractivity contribution < 1.29 is 23.1 Å². The number of aromatic carboxylic acids is 1. The van der Waals surface area contributed by atoms with Gasteiger partial charge < -0.3 is 19.8 Å². The molecule has 2 fully saturated rings. The largest absolute Gasteiger partial charge is 0.478 e. The first-order valence-corrected chi connectivity index (χ1v) is 14.0. The summed E-state index contributed by atoms with van der Waals surface area (Å²) in [4.78, 5) is 18.4. The van der Waals surface area contributed by atoms with E-state index >= 15 is 0 Å². The number of hydrogen-bond donors (Lipinski definition) is 1. The Morgan fingerprint density at radius 1 is 1.05 bits per heavy atom. The molecule has 3 aromatic rings. The second-order valence-electron chi connectivity index (χ2n) is 10.5. The summed E-state index contributed by atoms with van der Waals surface area (Å²) in [7, 11) is 0. The second kappa shape index (κ2) is 12.5. The molecular formula is C29H34Cl2F3N5O2. The molecule has 0 spiro atoms. The Bertz CT molecular complexity index is 1390. The van der Waals surface area contributed by atoms with Crippen LogP contribution < -0.4 is 9.80 Å². The van der Waals surface area contributed by atoms with Crippen LogP contribution in [0.2, 0.25) is 5.02 Å². The molecule has 2 aliphatic heterocycles. The fourth-order valence-electron chi connectivity index (χ4n) is 5.91. The van der Waals surface area contributed by atoms with E-state index in [2.05, 4.69) is 46.9 Å². The number of hydrogen-bond acceptors (Lipinski definition) is 5. The fourth-order valence-corrected chi connectivity index (χ4v) is 6.08. The Morgan fingerprint density at radius 2 is 1.76 bits per heavy atom. The molecule has 0 aliphatic carbocycles. The van der Waals surface area contributed by atoms with Crippen LogP contribution in [0.1, 0.15) is 47.4 Å². The summed E-state index contributed by atoms with van der Waals surface area (Å²) in [6, 6.07) is 11.4. The molecule has 2 aliphatic rings.